The Morgan fingerprint density at radius 2 is 2.30 bits per heavy atom. The van der Waals surface area contributed by atoms with Crippen molar-refractivity contribution in [3.05, 3.63) is 44.4 Å². The zero-order chi connectivity index (χ0) is 14.7. The van der Waals surface area contributed by atoms with Crippen LogP contribution in [0.25, 0.3) is 0 Å². The number of aryl methyl sites for hydroxylation is 1. The summed E-state index contributed by atoms with van der Waals surface area (Å²) in [5.74, 6) is 5.33. The Balaban J connectivity index is 2.34. The van der Waals surface area contributed by atoms with Gasteiger partial charge in [-0.2, -0.15) is 0 Å². The smallest absolute Gasteiger partial charge is 0.316 e. The van der Waals surface area contributed by atoms with Crippen molar-refractivity contribution in [2.24, 2.45) is 5.84 Å². The first kappa shape index (κ1) is 14.2. The number of anilines is 2. The first-order valence-corrected chi connectivity index (χ1v) is 6.77. The Labute approximate surface area is 120 Å². The molecule has 3 N–H and O–H groups in total. The lowest BCUT2D eigenvalue weighted by molar-refractivity contribution is -0.383. The molecule has 0 aliphatic heterocycles. The van der Waals surface area contributed by atoms with Crippen LogP contribution in [0.4, 0.5) is 17.1 Å². The first-order chi connectivity index (χ1) is 9.52. The summed E-state index contributed by atoms with van der Waals surface area (Å²) in [6, 6.07) is 4.99. The van der Waals surface area contributed by atoms with Gasteiger partial charge in [-0.3, -0.25) is 16.0 Å². The molecular weight excluding hydrogens is 278 g/mol. The number of nitro benzene ring substituents is 1. The monoisotopic (exact) mass is 293 g/mol. The van der Waals surface area contributed by atoms with Gasteiger partial charge < -0.3 is 10.3 Å². The number of nitro groups is 1. The molecule has 7 nitrogen and oxygen atoms in total. The van der Waals surface area contributed by atoms with Gasteiger partial charge in [-0.1, -0.05) is 6.07 Å². The average Bonchev–Trinajstić information content (AvgIpc) is 2.82. The van der Waals surface area contributed by atoms with Crippen molar-refractivity contribution in [2.75, 3.05) is 17.4 Å². The van der Waals surface area contributed by atoms with Crippen molar-refractivity contribution >= 4 is 28.4 Å². The maximum atomic E-state index is 11.2. The SMILES string of the molecule is Cc1nc(CN(C)c2cccc(NN)c2[N+](=O)[O-])cs1. The number of rotatable bonds is 5. The van der Waals surface area contributed by atoms with Crippen LogP contribution in [0, 0.1) is 17.0 Å². The molecule has 0 saturated heterocycles. The van der Waals surface area contributed by atoms with E-state index < -0.39 is 4.92 Å². The number of hydrogen-bond donors (Lipinski definition) is 2. The van der Waals surface area contributed by atoms with Gasteiger partial charge in [0.2, 0.25) is 0 Å². The zero-order valence-corrected chi connectivity index (χ0v) is 12.0. The Kier molecular flexibility index (Phi) is 4.16. The molecule has 2 aromatic rings. The summed E-state index contributed by atoms with van der Waals surface area (Å²) in [5, 5.41) is 14.2. The number of nitrogens with one attached hydrogen (secondary N) is 1. The van der Waals surface area contributed by atoms with Gasteiger partial charge >= 0.3 is 5.69 Å². The van der Waals surface area contributed by atoms with Crippen molar-refractivity contribution in [1.82, 2.24) is 4.98 Å². The molecule has 0 amide bonds. The van der Waals surface area contributed by atoms with Gasteiger partial charge in [0, 0.05) is 12.4 Å². The highest BCUT2D eigenvalue weighted by molar-refractivity contribution is 7.09. The Hall–Kier alpha value is -2.19. The third-order valence-electron chi connectivity index (χ3n) is 2.83. The average molecular weight is 293 g/mol. The highest BCUT2D eigenvalue weighted by Crippen LogP contribution is 2.34. The summed E-state index contributed by atoms with van der Waals surface area (Å²) in [6.07, 6.45) is 0. The number of nitrogens with zero attached hydrogens (tertiary/aromatic N) is 3. The predicted molar refractivity (Wildman–Crippen MR) is 79.9 cm³/mol. The highest BCUT2D eigenvalue weighted by atomic mass is 32.1. The lowest BCUT2D eigenvalue weighted by Crippen LogP contribution is -2.19. The lowest BCUT2D eigenvalue weighted by atomic mass is 10.2. The van der Waals surface area contributed by atoms with Crippen molar-refractivity contribution in [2.45, 2.75) is 13.5 Å². The number of hydrogen-bond acceptors (Lipinski definition) is 7. The minimum absolute atomic E-state index is 0.0375. The first-order valence-electron chi connectivity index (χ1n) is 5.89. The highest BCUT2D eigenvalue weighted by Gasteiger charge is 2.22. The number of nitrogen functional groups attached to an aromatic ring is 1. The quantitative estimate of drug-likeness (QED) is 0.498. The number of para-hydroxylation sites is 1. The van der Waals surface area contributed by atoms with E-state index in [0.717, 1.165) is 10.7 Å². The fraction of sp³-hybridized carbons (Fsp3) is 0.250. The van der Waals surface area contributed by atoms with Gasteiger partial charge in [-0.15, -0.1) is 11.3 Å². The molecule has 8 heteroatoms. The third-order valence-corrected chi connectivity index (χ3v) is 3.65. The second-order valence-corrected chi connectivity index (χ2v) is 5.35. The zero-order valence-electron chi connectivity index (χ0n) is 11.2. The van der Waals surface area contributed by atoms with Crippen LogP contribution < -0.4 is 16.2 Å². The molecular formula is C12H15N5O2S. The van der Waals surface area contributed by atoms with Crippen molar-refractivity contribution in [3.8, 4) is 0 Å². The van der Waals surface area contributed by atoms with E-state index in [4.69, 9.17) is 5.84 Å². The van der Waals surface area contributed by atoms with Crippen LogP contribution >= 0.6 is 11.3 Å². The summed E-state index contributed by atoms with van der Waals surface area (Å²) in [5.41, 5.74) is 3.99. The van der Waals surface area contributed by atoms with Crippen LogP contribution in [0.5, 0.6) is 0 Å². The molecule has 1 heterocycles. The number of aromatic nitrogens is 1. The van der Waals surface area contributed by atoms with E-state index in [1.54, 1.807) is 41.5 Å². The molecule has 0 aliphatic carbocycles. The summed E-state index contributed by atoms with van der Waals surface area (Å²) in [4.78, 5) is 16.9. The van der Waals surface area contributed by atoms with Crippen molar-refractivity contribution in [3.63, 3.8) is 0 Å². The van der Waals surface area contributed by atoms with Crippen LogP contribution in [0.2, 0.25) is 0 Å². The molecule has 0 bridgehead atoms. The summed E-state index contributed by atoms with van der Waals surface area (Å²) >= 11 is 1.56. The molecule has 0 spiro atoms. The van der Waals surface area contributed by atoms with Crippen LogP contribution in [0.15, 0.2) is 23.6 Å². The lowest BCUT2D eigenvalue weighted by Gasteiger charge is -2.19. The minimum atomic E-state index is -0.437. The third kappa shape index (κ3) is 2.86. The number of nitrogens with two attached hydrogens (primary N) is 1. The van der Waals surface area contributed by atoms with Gasteiger partial charge in [0.05, 0.1) is 22.2 Å². The molecule has 0 radical (unpaired) electrons. The molecule has 106 valence electrons. The molecule has 0 unspecified atom stereocenters. The maximum Gasteiger partial charge on any atom is 0.316 e. The van der Waals surface area contributed by atoms with Crippen LogP contribution in [0.3, 0.4) is 0 Å². The Bertz CT molecular complexity index is 628. The second kappa shape index (κ2) is 5.85. The minimum Gasteiger partial charge on any atom is -0.363 e. The molecule has 0 atom stereocenters. The Morgan fingerprint density at radius 1 is 1.55 bits per heavy atom. The van der Waals surface area contributed by atoms with Crippen LogP contribution in [-0.4, -0.2) is 17.0 Å². The summed E-state index contributed by atoms with van der Waals surface area (Å²) in [6.45, 7) is 2.43. The van der Waals surface area contributed by atoms with E-state index in [2.05, 4.69) is 10.4 Å². The summed E-state index contributed by atoms with van der Waals surface area (Å²) in [7, 11) is 1.79. The number of thiazole rings is 1. The van der Waals surface area contributed by atoms with Gasteiger partial charge in [-0.05, 0) is 19.1 Å². The van der Waals surface area contributed by atoms with E-state index >= 15 is 0 Å². The summed E-state index contributed by atoms with van der Waals surface area (Å²) < 4.78 is 0. The van der Waals surface area contributed by atoms with Crippen LogP contribution in [-0.2, 0) is 6.54 Å². The van der Waals surface area contributed by atoms with Gasteiger partial charge in [0.1, 0.15) is 11.4 Å². The van der Waals surface area contributed by atoms with E-state index in [1.165, 1.54) is 0 Å². The molecule has 0 aliphatic rings. The number of benzene rings is 1. The van der Waals surface area contributed by atoms with Crippen LogP contribution in [0.1, 0.15) is 10.7 Å². The molecule has 2 rings (SSSR count). The molecule has 20 heavy (non-hydrogen) atoms. The second-order valence-electron chi connectivity index (χ2n) is 4.29. The number of hydrazine groups is 1. The predicted octanol–water partition coefficient (Wildman–Crippen LogP) is 2.28. The van der Waals surface area contributed by atoms with E-state index in [0.29, 0.717) is 12.2 Å². The topological polar surface area (TPSA) is 97.3 Å². The van der Waals surface area contributed by atoms with Gasteiger partial charge in [-0.25, -0.2) is 4.98 Å². The van der Waals surface area contributed by atoms with E-state index in [9.17, 15) is 10.1 Å². The maximum absolute atomic E-state index is 11.2. The van der Waals surface area contributed by atoms with Gasteiger partial charge in [0.25, 0.3) is 0 Å². The van der Waals surface area contributed by atoms with Gasteiger partial charge in [0.15, 0.2) is 0 Å². The normalized spacial score (nSPS) is 10.3. The van der Waals surface area contributed by atoms with Crippen molar-refractivity contribution < 1.29 is 4.92 Å². The standard InChI is InChI=1S/C12H15N5O2S/c1-8-14-9(7-20-8)6-16(2)11-5-3-4-10(15-13)12(11)17(18)19/h3-5,7,15H,6,13H2,1-2H3. The fourth-order valence-corrected chi connectivity index (χ4v) is 2.56. The van der Waals surface area contributed by atoms with E-state index in [1.807, 2.05) is 12.3 Å². The largest absolute Gasteiger partial charge is 0.363 e. The molecule has 1 aromatic heterocycles. The van der Waals surface area contributed by atoms with E-state index in [-0.39, 0.29) is 11.4 Å². The molecule has 0 saturated carbocycles. The van der Waals surface area contributed by atoms with Crippen molar-refractivity contribution in [1.29, 1.82) is 0 Å². The molecule has 1 aromatic carbocycles. The Morgan fingerprint density at radius 3 is 2.85 bits per heavy atom. The molecule has 0 fully saturated rings. The fourth-order valence-electron chi connectivity index (χ4n) is 1.96.